The molecular weight excluding hydrogens is 420 g/mol. The van der Waals surface area contributed by atoms with Crippen LogP contribution in [-0.2, 0) is 14.8 Å². The van der Waals surface area contributed by atoms with Crippen molar-refractivity contribution >= 4 is 15.9 Å². The first-order valence-corrected chi connectivity index (χ1v) is 11.3. The SMILES string of the molecule is CCN(CC(=O)N[C@@H](C)c1ccc(OC)c(OC)c1)S(=O)(=O)c1ccc(OC)c(C)c1. The number of hydrogen-bond donors (Lipinski definition) is 1. The summed E-state index contributed by atoms with van der Waals surface area (Å²) in [6.07, 6.45) is 0. The molecule has 2 rings (SSSR count). The molecule has 0 aliphatic heterocycles. The summed E-state index contributed by atoms with van der Waals surface area (Å²) in [4.78, 5) is 12.7. The highest BCUT2D eigenvalue weighted by Crippen LogP contribution is 2.30. The van der Waals surface area contributed by atoms with Gasteiger partial charge in [-0.1, -0.05) is 13.0 Å². The Bertz CT molecular complexity index is 1020. The minimum absolute atomic E-state index is 0.119. The quantitative estimate of drug-likeness (QED) is 0.598. The number of methoxy groups -OCH3 is 3. The van der Waals surface area contributed by atoms with Gasteiger partial charge in [0.1, 0.15) is 5.75 Å². The molecule has 31 heavy (non-hydrogen) atoms. The molecule has 0 heterocycles. The lowest BCUT2D eigenvalue weighted by atomic mass is 10.1. The van der Waals surface area contributed by atoms with Gasteiger partial charge in [-0.25, -0.2) is 8.42 Å². The lowest BCUT2D eigenvalue weighted by Gasteiger charge is -2.22. The van der Waals surface area contributed by atoms with E-state index in [1.807, 2.05) is 13.0 Å². The van der Waals surface area contributed by atoms with Crippen molar-refractivity contribution in [2.75, 3.05) is 34.4 Å². The second-order valence-electron chi connectivity index (χ2n) is 6.97. The average Bonchev–Trinajstić information content (AvgIpc) is 2.76. The number of nitrogens with zero attached hydrogens (tertiary/aromatic N) is 1. The van der Waals surface area contributed by atoms with Crippen LogP contribution in [0.4, 0.5) is 0 Å². The third kappa shape index (κ3) is 5.68. The van der Waals surface area contributed by atoms with Gasteiger partial charge in [0.25, 0.3) is 0 Å². The summed E-state index contributed by atoms with van der Waals surface area (Å²) in [6.45, 7) is 5.15. The van der Waals surface area contributed by atoms with Gasteiger partial charge in [0.15, 0.2) is 11.5 Å². The Morgan fingerprint density at radius 2 is 1.61 bits per heavy atom. The highest BCUT2D eigenvalue weighted by atomic mass is 32.2. The second-order valence-corrected chi connectivity index (χ2v) is 8.90. The maximum absolute atomic E-state index is 13.0. The number of carbonyl (C=O) groups excluding carboxylic acids is 1. The van der Waals surface area contributed by atoms with E-state index in [1.54, 1.807) is 45.2 Å². The van der Waals surface area contributed by atoms with Crippen LogP contribution in [0.1, 0.15) is 31.0 Å². The first-order valence-electron chi connectivity index (χ1n) is 9.84. The Kier molecular flexibility index (Phi) is 8.29. The number of rotatable bonds is 10. The molecule has 0 aliphatic carbocycles. The first kappa shape index (κ1) is 24.5. The lowest BCUT2D eigenvalue weighted by molar-refractivity contribution is -0.121. The Morgan fingerprint density at radius 1 is 1.00 bits per heavy atom. The molecule has 2 aromatic rings. The van der Waals surface area contributed by atoms with Crippen LogP contribution in [0.3, 0.4) is 0 Å². The fourth-order valence-corrected chi connectivity index (χ4v) is 4.67. The molecule has 170 valence electrons. The number of ether oxygens (including phenoxy) is 3. The summed E-state index contributed by atoms with van der Waals surface area (Å²) in [7, 11) is 0.779. The Hall–Kier alpha value is -2.78. The van der Waals surface area contributed by atoms with Crippen molar-refractivity contribution in [3.05, 3.63) is 47.5 Å². The maximum atomic E-state index is 13.0. The molecule has 8 nitrogen and oxygen atoms in total. The Labute approximate surface area is 184 Å². The summed E-state index contributed by atoms with van der Waals surface area (Å²) in [5.74, 6) is 1.33. The minimum Gasteiger partial charge on any atom is -0.496 e. The van der Waals surface area contributed by atoms with Crippen LogP contribution in [0.5, 0.6) is 17.2 Å². The van der Waals surface area contributed by atoms with E-state index in [-0.39, 0.29) is 24.0 Å². The monoisotopic (exact) mass is 450 g/mol. The van der Waals surface area contributed by atoms with E-state index >= 15 is 0 Å². The van der Waals surface area contributed by atoms with Gasteiger partial charge in [0.2, 0.25) is 15.9 Å². The largest absolute Gasteiger partial charge is 0.496 e. The van der Waals surface area contributed by atoms with Crippen LogP contribution in [0, 0.1) is 6.92 Å². The van der Waals surface area contributed by atoms with Crippen molar-refractivity contribution in [1.29, 1.82) is 0 Å². The van der Waals surface area contributed by atoms with Crippen molar-refractivity contribution in [2.24, 2.45) is 0 Å². The number of likely N-dealkylation sites (N-methyl/N-ethyl adjacent to an activating group) is 1. The summed E-state index contributed by atoms with van der Waals surface area (Å²) in [6, 6.07) is 9.63. The van der Waals surface area contributed by atoms with E-state index in [0.29, 0.717) is 22.8 Å². The van der Waals surface area contributed by atoms with Crippen LogP contribution in [-0.4, -0.2) is 53.0 Å². The number of aryl methyl sites for hydroxylation is 1. The molecule has 0 saturated heterocycles. The molecule has 0 aromatic heterocycles. The molecule has 0 spiro atoms. The van der Waals surface area contributed by atoms with Crippen molar-refractivity contribution < 1.29 is 27.4 Å². The van der Waals surface area contributed by atoms with Gasteiger partial charge in [0.05, 0.1) is 38.8 Å². The zero-order valence-corrected chi connectivity index (χ0v) is 19.6. The number of hydrogen-bond acceptors (Lipinski definition) is 6. The summed E-state index contributed by atoms with van der Waals surface area (Å²) < 4.78 is 42.9. The Balaban J connectivity index is 2.14. The predicted molar refractivity (Wildman–Crippen MR) is 118 cm³/mol. The van der Waals surface area contributed by atoms with Crippen LogP contribution >= 0.6 is 0 Å². The molecule has 0 bridgehead atoms. The third-order valence-corrected chi connectivity index (χ3v) is 6.88. The summed E-state index contributed by atoms with van der Waals surface area (Å²) in [5.41, 5.74) is 1.51. The first-order chi connectivity index (χ1) is 14.7. The average molecular weight is 451 g/mol. The van der Waals surface area contributed by atoms with Crippen LogP contribution in [0.15, 0.2) is 41.3 Å². The standard InChI is InChI=1S/C22H30N2O6S/c1-7-24(31(26,27)18-9-11-19(28-4)15(2)12-18)14-22(25)23-16(3)17-8-10-20(29-5)21(13-17)30-6/h8-13,16H,7,14H2,1-6H3,(H,23,25)/t16-/m0/s1. The second kappa shape index (κ2) is 10.5. The van der Waals surface area contributed by atoms with Gasteiger partial charge in [-0.15, -0.1) is 0 Å². The number of sulfonamides is 1. The van der Waals surface area contributed by atoms with Gasteiger partial charge < -0.3 is 19.5 Å². The molecule has 2 aromatic carbocycles. The van der Waals surface area contributed by atoms with Crippen molar-refractivity contribution in [3.63, 3.8) is 0 Å². The highest BCUT2D eigenvalue weighted by molar-refractivity contribution is 7.89. The van der Waals surface area contributed by atoms with Gasteiger partial charge in [-0.2, -0.15) is 4.31 Å². The van der Waals surface area contributed by atoms with E-state index in [2.05, 4.69) is 5.32 Å². The molecule has 1 amide bonds. The smallest absolute Gasteiger partial charge is 0.243 e. The summed E-state index contributed by atoms with van der Waals surface area (Å²) >= 11 is 0. The molecule has 1 N–H and O–H groups in total. The number of carbonyl (C=O) groups is 1. The van der Waals surface area contributed by atoms with Gasteiger partial charge >= 0.3 is 0 Å². The maximum Gasteiger partial charge on any atom is 0.243 e. The molecule has 0 saturated carbocycles. The minimum atomic E-state index is -3.83. The van der Waals surface area contributed by atoms with Crippen molar-refractivity contribution in [1.82, 2.24) is 9.62 Å². The van der Waals surface area contributed by atoms with Gasteiger partial charge in [-0.05, 0) is 55.3 Å². The molecule has 0 aliphatic rings. The summed E-state index contributed by atoms with van der Waals surface area (Å²) in [5, 5.41) is 2.84. The topological polar surface area (TPSA) is 94.2 Å². The Morgan fingerprint density at radius 3 is 2.16 bits per heavy atom. The van der Waals surface area contributed by atoms with Crippen molar-refractivity contribution in [3.8, 4) is 17.2 Å². The van der Waals surface area contributed by atoms with Gasteiger partial charge in [-0.3, -0.25) is 4.79 Å². The predicted octanol–water partition coefficient (Wildman–Crippen LogP) is 2.91. The third-order valence-electron chi connectivity index (χ3n) is 4.96. The molecule has 0 radical (unpaired) electrons. The molecule has 1 atom stereocenters. The number of nitrogens with one attached hydrogen (secondary N) is 1. The molecule has 9 heteroatoms. The fraction of sp³-hybridized carbons (Fsp3) is 0.409. The van der Waals surface area contributed by atoms with Crippen LogP contribution in [0.25, 0.3) is 0 Å². The van der Waals surface area contributed by atoms with E-state index in [9.17, 15) is 13.2 Å². The normalized spacial score (nSPS) is 12.4. The van der Waals surface area contributed by atoms with Gasteiger partial charge in [0, 0.05) is 6.54 Å². The fourth-order valence-electron chi connectivity index (χ4n) is 3.18. The number of benzene rings is 2. The molecular formula is C22H30N2O6S. The van der Waals surface area contributed by atoms with E-state index in [4.69, 9.17) is 14.2 Å². The van der Waals surface area contributed by atoms with E-state index in [1.165, 1.54) is 20.3 Å². The zero-order chi connectivity index (χ0) is 23.2. The lowest BCUT2D eigenvalue weighted by Crippen LogP contribution is -2.41. The highest BCUT2D eigenvalue weighted by Gasteiger charge is 2.26. The zero-order valence-electron chi connectivity index (χ0n) is 18.8. The molecule has 0 unspecified atom stereocenters. The van der Waals surface area contributed by atoms with E-state index < -0.39 is 15.9 Å². The van der Waals surface area contributed by atoms with E-state index in [0.717, 1.165) is 9.87 Å². The number of amides is 1. The van der Waals surface area contributed by atoms with Crippen LogP contribution in [0.2, 0.25) is 0 Å². The van der Waals surface area contributed by atoms with Crippen LogP contribution < -0.4 is 19.5 Å². The van der Waals surface area contributed by atoms with Crippen molar-refractivity contribution in [2.45, 2.75) is 31.7 Å². The molecule has 0 fully saturated rings.